The number of hydrogen-bond donors (Lipinski definition) is 0. The van der Waals surface area contributed by atoms with Crippen LogP contribution in [0.5, 0.6) is 5.75 Å². The molecule has 15 heavy (non-hydrogen) atoms. The fourth-order valence-corrected chi connectivity index (χ4v) is 1.26. The lowest BCUT2D eigenvalue weighted by molar-refractivity contribution is 0.286. The Morgan fingerprint density at radius 1 is 1.40 bits per heavy atom. The smallest absolute Gasteiger partial charge is 0.213 e. The molecule has 1 aromatic carbocycles. The highest BCUT2D eigenvalue weighted by Gasteiger charge is 2.00. The molecule has 78 valence electrons. The quantitative estimate of drug-likeness (QED) is 0.766. The van der Waals surface area contributed by atoms with E-state index >= 15 is 0 Å². The van der Waals surface area contributed by atoms with Crippen LogP contribution in [0.25, 0.3) is 0 Å². The van der Waals surface area contributed by atoms with Gasteiger partial charge in [0.25, 0.3) is 0 Å². The highest BCUT2D eigenvalue weighted by molar-refractivity contribution is 5.28. The number of hydrogen-bond acceptors (Lipinski definition) is 4. The minimum atomic E-state index is 0.337. The Balaban J connectivity index is 1.98. The number of benzene rings is 1. The van der Waals surface area contributed by atoms with Gasteiger partial charge in [0.2, 0.25) is 12.2 Å². The Bertz CT molecular complexity index is 412. The van der Waals surface area contributed by atoms with Crippen molar-refractivity contribution in [2.45, 2.75) is 20.0 Å². The summed E-state index contributed by atoms with van der Waals surface area (Å²) in [6.07, 6.45) is 2.29. The van der Waals surface area contributed by atoms with Gasteiger partial charge in [0.1, 0.15) is 5.75 Å². The molecule has 0 unspecified atom stereocenters. The predicted octanol–water partition coefficient (Wildman–Crippen LogP) is 2.21. The van der Waals surface area contributed by atoms with Gasteiger partial charge in [-0.3, -0.25) is 0 Å². The first-order valence-corrected chi connectivity index (χ1v) is 4.85. The molecular weight excluding hydrogens is 192 g/mol. The van der Waals surface area contributed by atoms with Crippen LogP contribution in [0.2, 0.25) is 0 Å². The molecule has 0 fully saturated rings. The summed E-state index contributed by atoms with van der Waals surface area (Å²) in [6.45, 7) is 2.45. The van der Waals surface area contributed by atoms with Crippen molar-refractivity contribution >= 4 is 0 Å². The third-order valence-corrected chi connectivity index (χ3v) is 2.08. The second-order valence-corrected chi connectivity index (χ2v) is 3.14. The molecule has 1 heterocycles. The molecule has 0 aliphatic carbocycles. The molecule has 0 aliphatic rings. The number of nitrogens with zero attached hydrogens (tertiary/aromatic N) is 2. The summed E-state index contributed by atoms with van der Waals surface area (Å²) in [6, 6.07) is 7.98. The van der Waals surface area contributed by atoms with E-state index in [0.29, 0.717) is 12.4 Å². The van der Waals surface area contributed by atoms with Gasteiger partial charge < -0.3 is 9.26 Å². The van der Waals surface area contributed by atoms with Gasteiger partial charge in [-0.05, 0) is 24.1 Å². The zero-order chi connectivity index (χ0) is 10.5. The Morgan fingerprint density at radius 2 is 2.33 bits per heavy atom. The maximum absolute atomic E-state index is 5.51. The molecule has 0 radical (unpaired) electrons. The second-order valence-electron chi connectivity index (χ2n) is 3.14. The first kappa shape index (κ1) is 9.71. The fraction of sp³-hybridized carbons (Fsp3) is 0.273. The molecule has 4 heteroatoms. The highest BCUT2D eigenvalue weighted by atomic mass is 16.5. The number of aromatic nitrogens is 2. The Labute approximate surface area is 87.9 Å². The van der Waals surface area contributed by atoms with Crippen LogP contribution in [0.15, 0.2) is 35.2 Å². The molecule has 4 nitrogen and oxygen atoms in total. The van der Waals surface area contributed by atoms with Gasteiger partial charge in [-0.1, -0.05) is 24.2 Å². The zero-order valence-corrected chi connectivity index (χ0v) is 8.51. The zero-order valence-electron chi connectivity index (χ0n) is 8.51. The molecule has 0 amide bonds. The standard InChI is InChI=1S/C11H12N2O2/c1-2-9-4-3-5-10(6-9)14-7-11-12-8-15-13-11/h3-6,8H,2,7H2,1H3. The van der Waals surface area contributed by atoms with Gasteiger partial charge >= 0.3 is 0 Å². The van der Waals surface area contributed by atoms with Crippen molar-refractivity contribution in [2.75, 3.05) is 0 Å². The van der Waals surface area contributed by atoms with Gasteiger partial charge in [0.05, 0.1) is 0 Å². The van der Waals surface area contributed by atoms with Crippen LogP contribution in [-0.4, -0.2) is 10.1 Å². The Kier molecular flexibility index (Phi) is 2.97. The lowest BCUT2D eigenvalue weighted by Crippen LogP contribution is -1.97. The number of ether oxygens (including phenoxy) is 1. The molecule has 1 aromatic heterocycles. The summed E-state index contributed by atoms with van der Waals surface area (Å²) in [7, 11) is 0. The molecule has 0 N–H and O–H groups in total. The second kappa shape index (κ2) is 4.59. The van der Waals surface area contributed by atoms with Gasteiger partial charge in [0.15, 0.2) is 6.61 Å². The molecule has 0 atom stereocenters. The predicted molar refractivity (Wildman–Crippen MR) is 54.5 cm³/mol. The molecule has 0 saturated heterocycles. The van der Waals surface area contributed by atoms with E-state index in [4.69, 9.17) is 4.74 Å². The molecule has 0 aliphatic heterocycles. The normalized spacial score (nSPS) is 10.2. The summed E-state index contributed by atoms with van der Waals surface area (Å²) < 4.78 is 10.1. The van der Waals surface area contributed by atoms with E-state index in [0.717, 1.165) is 12.2 Å². The van der Waals surface area contributed by atoms with Crippen molar-refractivity contribution in [3.05, 3.63) is 42.0 Å². The van der Waals surface area contributed by atoms with E-state index in [1.807, 2.05) is 18.2 Å². The monoisotopic (exact) mass is 204 g/mol. The fourth-order valence-electron chi connectivity index (χ4n) is 1.26. The molecular formula is C11H12N2O2. The van der Waals surface area contributed by atoms with Gasteiger partial charge in [-0.25, -0.2) is 0 Å². The van der Waals surface area contributed by atoms with Crippen molar-refractivity contribution in [2.24, 2.45) is 0 Å². The average molecular weight is 204 g/mol. The molecule has 2 rings (SSSR count). The molecule has 0 saturated carbocycles. The van der Waals surface area contributed by atoms with E-state index in [1.165, 1.54) is 12.0 Å². The van der Waals surface area contributed by atoms with E-state index < -0.39 is 0 Å². The van der Waals surface area contributed by atoms with E-state index in [1.54, 1.807) is 0 Å². The molecule has 2 aromatic rings. The van der Waals surface area contributed by atoms with Crippen LogP contribution in [0.1, 0.15) is 18.3 Å². The largest absolute Gasteiger partial charge is 0.485 e. The highest BCUT2D eigenvalue weighted by Crippen LogP contribution is 2.14. The summed E-state index contributed by atoms with van der Waals surface area (Å²) in [5.41, 5.74) is 1.25. The number of aryl methyl sites for hydroxylation is 1. The van der Waals surface area contributed by atoms with Gasteiger partial charge in [-0.2, -0.15) is 4.98 Å². The SMILES string of the molecule is CCc1cccc(OCc2ncon2)c1. The Hall–Kier alpha value is -1.84. The van der Waals surface area contributed by atoms with Crippen molar-refractivity contribution in [3.8, 4) is 5.75 Å². The van der Waals surface area contributed by atoms with Crippen molar-refractivity contribution in [1.29, 1.82) is 0 Å². The minimum Gasteiger partial charge on any atom is -0.485 e. The first-order valence-electron chi connectivity index (χ1n) is 4.85. The van der Waals surface area contributed by atoms with Gasteiger partial charge in [0, 0.05) is 0 Å². The molecule has 0 bridgehead atoms. The van der Waals surface area contributed by atoms with Crippen molar-refractivity contribution < 1.29 is 9.26 Å². The van der Waals surface area contributed by atoms with Crippen LogP contribution in [-0.2, 0) is 13.0 Å². The summed E-state index contributed by atoms with van der Waals surface area (Å²) in [5, 5.41) is 3.66. The van der Waals surface area contributed by atoms with E-state index in [9.17, 15) is 0 Å². The number of rotatable bonds is 4. The van der Waals surface area contributed by atoms with Crippen LogP contribution in [0, 0.1) is 0 Å². The lowest BCUT2D eigenvalue weighted by Gasteiger charge is -2.04. The van der Waals surface area contributed by atoms with Crippen LogP contribution < -0.4 is 4.74 Å². The maximum Gasteiger partial charge on any atom is 0.213 e. The summed E-state index contributed by atoms with van der Waals surface area (Å²) in [4.78, 5) is 3.87. The van der Waals surface area contributed by atoms with Crippen molar-refractivity contribution in [1.82, 2.24) is 10.1 Å². The van der Waals surface area contributed by atoms with Crippen LogP contribution >= 0.6 is 0 Å². The third-order valence-electron chi connectivity index (χ3n) is 2.08. The molecule has 0 spiro atoms. The minimum absolute atomic E-state index is 0.337. The first-order chi connectivity index (χ1) is 7.38. The van der Waals surface area contributed by atoms with E-state index in [2.05, 4.69) is 27.7 Å². The maximum atomic E-state index is 5.51. The van der Waals surface area contributed by atoms with Gasteiger partial charge in [-0.15, -0.1) is 0 Å². The lowest BCUT2D eigenvalue weighted by atomic mass is 10.2. The average Bonchev–Trinajstić information content (AvgIpc) is 2.79. The topological polar surface area (TPSA) is 48.2 Å². The summed E-state index contributed by atoms with van der Waals surface area (Å²) in [5.74, 6) is 1.39. The van der Waals surface area contributed by atoms with Crippen molar-refractivity contribution in [3.63, 3.8) is 0 Å². The Morgan fingerprint density at radius 3 is 3.07 bits per heavy atom. The van der Waals surface area contributed by atoms with Crippen LogP contribution in [0.4, 0.5) is 0 Å². The summed E-state index contributed by atoms with van der Waals surface area (Å²) >= 11 is 0. The van der Waals surface area contributed by atoms with Crippen LogP contribution in [0.3, 0.4) is 0 Å². The van der Waals surface area contributed by atoms with E-state index in [-0.39, 0.29) is 0 Å². The third kappa shape index (κ3) is 2.56.